The van der Waals surface area contributed by atoms with Gasteiger partial charge in [-0.25, -0.2) is 0 Å². The smallest absolute Gasteiger partial charge is 0.0971 e. The first-order chi connectivity index (χ1) is 8.58. The van der Waals surface area contributed by atoms with Gasteiger partial charge in [-0.15, -0.1) is 0 Å². The monoisotopic (exact) mass is 258 g/mol. The minimum atomic E-state index is 0.218. The average Bonchev–Trinajstić information content (AvgIpc) is 2.78. The molecule has 0 radical (unpaired) electrons. The van der Waals surface area contributed by atoms with E-state index in [1.807, 2.05) is 0 Å². The minimum absolute atomic E-state index is 0.218. The number of methoxy groups -OCH3 is 2. The number of rotatable bonds is 8. The van der Waals surface area contributed by atoms with E-state index in [1.165, 1.54) is 6.42 Å². The molecule has 1 N–H and O–H groups in total. The third-order valence-corrected chi connectivity index (χ3v) is 4.16. The van der Waals surface area contributed by atoms with Crippen LogP contribution >= 0.6 is 0 Å². The summed E-state index contributed by atoms with van der Waals surface area (Å²) < 4.78 is 11.0. The zero-order valence-corrected chi connectivity index (χ0v) is 12.7. The van der Waals surface area contributed by atoms with Gasteiger partial charge in [-0.3, -0.25) is 4.90 Å². The predicted molar refractivity (Wildman–Crippen MR) is 75.0 cm³/mol. The molecule has 4 heteroatoms. The Hall–Kier alpha value is -0.160. The molecule has 0 spiro atoms. The van der Waals surface area contributed by atoms with Crippen molar-refractivity contribution in [1.29, 1.82) is 0 Å². The van der Waals surface area contributed by atoms with Gasteiger partial charge in [0, 0.05) is 40.4 Å². The summed E-state index contributed by atoms with van der Waals surface area (Å²) in [5.74, 6) is 0. The Morgan fingerprint density at radius 3 is 2.11 bits per heavy atom. The number of nitrogens with zero attached hydrogens (tertiary/aromatic N) is 1. The van der Waals surface area contributed by atoms with E-state index in [9.17, 15) is 0 Å². The molecule has 3 atom stereocenters. The van der Waals surface area contributed by atoms with E-state index in [0.29, 0.717) is 5.41 Å². The van der Waals surface area contributed by atoms with Gasteiger partial charge >= 0.3 is 0 Å². The first-order valence-corrected chi connectivity index (χ1v) is 7.07. The van der Waals surface area contributed by atoms with E-state index >= 15 is 0 Å². The largest absolute Gasteiger partial charge is 0.377 e. The van der Waals surface area contributed by atoms with Crippen molar-refractivity contribution in [2.45, 2.75) is 39.4 Å². The molecule has 0 saturated carbocycles. The number of likely N-dealkylation sites (tertiary alicyclic amines) is 1. The molecule has 1 rings (SSSR count). The maximum atomic E-state index is 5.49. The van der Waals surface area contributed by atoms with Gasteiger partial charge in [0.05, 0.1) is 12.2 Å². The quantitative estimate of drug-likeness (QED) is 0.713. The SMILES string of the molecule is CCNCC(C)(CC)CN1CC(OC)C(OC)C1. The van der Waals surface area contributed by atoms with Crippen LogP contribution in [0.4, 0.5) is 0 Å². The molecule has 18 heavy (non-hydrogen) atoms. The molecule has 1 aliphatic heterocycles. The van der Waals surface area contributed by atoms with Crippen molar-refractivity contribution in [3.63, 3.8) is 0 Å². The molecule has 0 aromatic carbocycles. The first kappa shape index (κ1) is 15.9. The van der Waals surface area contributed by atoms with Gasteiger partial charge in [0.25, 0.3) is 0 Å². The Kier molecular flexibility index (Phi) is 6.57. The van der Waals surface area contributed by atoms with Crippen LogP contribution in [0.5, 0.6) is 0 Å². The summed E-state index contributed by atoms with van der Waals surface area (Å²) in [6, 6.07) is 0. The van der Waals surface area contributed by atoms with Crippen LogP contribution in [0.15, 0.2) is 0 Å². The van der Waals surface area contributed by atoms with Gasteiger partial charge in [0.2, 0.25) is 0 Å². The summed E-state index contributed by atoms with van der Waals surface area (Å²) >= 11 is 0. The lowest BCUT2D eigenvalue weighted by atomic mass is 9.87. The summed E-state index contributed by atoms with van der Waals surface area (Å²) in [6.45, 7) is 12.0. The van der Waals surface area contributed by atoms with Gasteiger partial charge in [-0.05, 0) is 18.4 Å². The summed E-state index contributed by atoms with van der Waals surface area (Å²) in [5, 5.41) is 3.47. The zero-order valence-electron chi connectivity index (χ0n) is 12.7. The minimum Gasteiger partial charge on any atom is -0.377 e. The summed E-state index contributed by atoms with van der Waals surface area (Å²) in [5.41, 5.74) is 0.330. The molecule has 0 amide bonds. The van der Waals surface area contributed by atoms with E-state index in [-0.39, 0.29) is 12.2 Å². The fourth-order valence-electron chi connectivity index (χ4n) is 2.66. The van der Waals surface area contributed by atoms with E-state index in [4.69, 9.17) is 9.47 Å². The molecule has 1 heterocycles. The summed E-state index contributed by atoms with van der Waals surface area (Å²) in [6.07, 6.45) is 1.62. The van der Waals surface area contributed by atoms with E-state index in [0.717, 1.165) is 32.7 Å². The zero-order chi connectivity index (χ0) is 13.6. The Morgan fingerprint density at radius 2 is 1.72 bits per heavy atom. The summed E-state index contributed by atoms with van der Waals surface area (Å²) in [7, 11) is 3.55. The van der Waals surface area contributed by atoms with Crippen LogP contribution in [-0.4, -0.2) is 64.1 Å². The van der Waals surface area contributed by atoms with Gasteiger partial charge in [-0.2, -0.15) is 0 Å². The van der Waals surface area contributed by atoms with Crippen LogP contribution < -0.4 is 5.32 Å². The number of hydrogen-bond acceptors (Lipinski definition) is 4. The maximum absolute atomic E-state index is 5.49. The van der Waals surface area contributed by atoms with Crippen molar-refractivity contribution in [2.75, 3.05) is 46.9 Å². The number of nitrogens with one attached hydrogen (secondary N) is 1. The molecule has 108 valence electrons. The second-order valence-electron chi connectivity index (χ2n) is 5.69. The van der Waals surface area contributed by atoms with Crippen molar-refractivity contribution in [2.24, 2.45) is 5.41 Å². The highest BCUT2D eigenvalue weighted by Gasteiger charge is 2.36. The van der Waals surface area contributed by atoms with Crippen LogP contribution in [0.1, 0.15) is 27.2 Å². The van der Waals surface area contributed by atoms with Crippen LogP contribution in [0.3, 0.4) is 0 Å². The van der Waals surface area contributed by atoms with E-state index < -0.39 is 0 Å². The van der Waals surface area contributed by atoms with Crippen LogP contribution in [0.2, 0.25) is 0 Å². The molecule has 0 aliphatic carbocycles. The van der Waals surface area contributed by atoms with Crippen molar-refractivity contribution < 1.29 is 9.47 Å². The lowest BCUT2D eigenvalue weighted by Gasteiger charge is -2.33. The van der Waals surface area contributed by atoms with Gasteiger partial charge in [0.15, 0.2) is 0 Å². The third-order valence-electron chi connectivity index (χ3n) is 4.16. The highest BCUT2D eigenvalue weighted by molar-refractivity contribution is 4.89. The molecule has 1 fully saturated rings. The molecule has 0 aromatic rings. The average molecular weight is 258 g/mol. The predicted octanol–water partition coefficient (Wildman–Crippen LogP) is 1.36. The van der Waals surface area contributed by atoms with Gasteiger partial charge in [0.1, 0.15) is 0 Å². The Bertz CT molecular complexity index is 226. The third kappa shape index (κ3) is 4.19. The molecule has 1 aliphatic rings. The van der Waals surface area contributed by atoms with Gasteiger partial charge < -0.3 is 14.8 Å². The van der Waals surface area contributed by atoms with Crippen molar-refractivity contribution in [3.8, 4) is 0 Å². The topological polar surface area (TPSA) is 33.7 Å². The van der Waals surface area contributed by atoms with Crippen LogP contribution in [-0.2, 0) is 9.47 Å². The molecule has 0 aromatic heterocycles. The number of ether oxygens (including phenoxy) is 2. The molecular weight excluding hydrogens is 228 g/mol. The molecule has 1 saturated heterocycles. The van der Waals surface area contributed by atoms with Gasteiger partial charge in [-0.1, -0.05) is 20.8 Å². The Labute approximate surface area is 112 Å². The van der Waals surface area contributed by atoms with Crippen LogP contribution in [0.25, 0.3) is 0 Å². The fourth-order valence-corrected chi connectivity index (χ4v) is 2.66. The molecular formula is C14H30N2O2. The molecule has 0 bridgehead atoms. The number of hydrogen-bond donors (Lipinski definition) is 1. The molecule has 4 nitrogen and oxygen atoms in total. The van der Waals surface area contributed by atoms with Crippen molar-refractivity contribution in [3.05, 3.63) is 0 Å². The standard InChI is InChI=1S/C14H30N2O2/c1-6-14(3,10-15-7-2)11-16-8-12(17-4)13(9-16)18-5/h12-13,15H,6-11H2,1-5H3. The van der Waals surface area contributed by atoms with Crippen molar-refractivity contribution in [1.82, 2.24) is 10.2 Å². The normalized spacial score (nSPS) is 28.5. The second-order valence-corrected chi connectivity index (χ2v) is 5.69. The fraction of sp³-hybridized carbons (Fsp3) is 1.00. The van der Waals surface area contributed by atoms with Crippen LogP contribution in [0, 0.1) is 5.41 Å². The summed E-state index contributed by atoms with van der Waals surface area (Å²) in [4.78, 5) is 2.48. The maximum Gasteiger partial charge on any atom is 0.0971 e. The van der Waals surface area contributed by atoms with E-state index in [2.05, 4.69) is 31.0 Å². The Morgan fingerprint density at radius 1 is 1.17 bits per heavy atom. The lowest BCUT2D eigenvalue weighted by Crippen LogP contribution is -2.41. The van der Waals surface area contributed by atoms with E-state index in [1.54, 1.807) is 14.2 Å². The highest BCUT2D eigenvalue weighted by atomic mass is 16.5. The Balaban J connectivity index is 2.50. The molecule has 3 unspecified atom stereocenters. The first-order valence-electron chi connectivity index (χ1n) is 7.07. The highest BCUT2D eigenvalue weighted by Crippen LogP contribution is 2.25. The van der Waals surface area contributed by atoms with Crippen molar-refractivity contribution >= 4 is 0 Å². The second kappa shape index (κ2) is 7.43. The lowest BCUT2D eigenvalue weighted by molar-refractivity contribution is -0.00461.